The Morgan fingerprint density at radius 2 is 2.04 bits per heavy atom. The number of carbonyl (C=O) groups is 2. The van der Waals surface area contributed by atoms with Gasteiger partial charge in [-0.15, -0.1) is 0 Å². The van der Waals surface area contributed by atoms with Gasteiger partial charge in [-0.3, -0.25) is 9.89 Å². The fourth-order valence-electron chi connectivity index (χ4n) is 3.60. The zero-order valence-electron chi connectivity index (χ0n) is 15.8. The molecule has 0 aromatic carbocycles. The molecule has 2 amide bonds. The number of hydrogen-bond donors (Lipinski definition) is 3. The van der Waals surface area contributed by atoms with Gasteiger partial charge in [0.2, 0.25) is 5.91 Å². The number of hydrogen-bond acceptors (Lipinski definition) is 5. The Hall–Kier alpha value is -2.30. The van der Waals surface area contributed by atoms with Crippen LogP contribution in [0.25, 0.3) is 0 Å². The van der Waals surface area contributed by atoms with Crippen LogP contribution in [0.1, 0.15) is 57.2 Å². The number of aliphatic hydroxyl groups is 1. The molecule has 0 saturated carbocycles. The number of piperidine rings is 1. The summed E-state index contributed by atoms with van der Waals surface area (Å²) in [6, 6.07) is 0. The summed E-state index contributed by atoms with van der Waals surface area (Å²) in [6.45, 7) is 5.69. The molecular formula is C17H23F3N4O4. The number of ether oxygens (including phenoxy) is 1. The first kappa shape index (κ1) is 20.4. The molecule has 3 heterocycles. The third-order valence-corrected chi connectivity index (χ3v) is 4.82. The van der Waals surface area contributed by atoms with E-state index in [1.165, 1.54) is 4.90 Å². The van der Waals surface area contributed by atoms with Crippen LogP contribution in [-0.2, 0) is 15.1 Å². The Kier molecular flexibility index (Phi) is 4.85. The third kappa shape index (κ3) is 3.67. The fourth-order valence-corrected chi connectivity index (χ4v) is 3.60. The van der Waals surface area contributed by atoms with E-state index in [1.54, 1.807) is 20.8 Å². The second kappa shape index (κ2) is 6.64. The lowest BCUT2D eigenvalue weighted by atomic mass is 9.81. The molecule has 8 nitrogen and oxygen atoms in total. The molecule has 1 saturated heterocycles. The van der Waals surface area contributed by atoms with Crippen molar-refractivity contribution in [1.29, 1.82) is 0 Å². The lowest BCUT2D eigenvalue weighted by molar-refractivity contribution is -0.267. The van der Waals surface area contributed by atoms with Gasteiger partial charge in [-0.2, -0.15) is 18.3 Å². The van der Waals surface area contributed by atoms with Gasteiger partial charge in [-0.25, -0.2) is 4.79 Å². The molecule has 0 bridgehead atoms. The number of nitrogens with zero attached hydrogens (tertiary/aromatic N) is 2. The number of halogens is 3. The molecular weight excluding hydrogens is 381 g/mol. The van der Waals surface area contributed by atoms with Crippen LogP contribution in [0.15, 0.2) is 0 Å². The third-order valence-electron chi connectivity index (χ3n) is 4.82. The Balaban J connectivity index is 1.92. The van der Waals surface area contributed by atoms with E-state index in [0.29, 0.717) is 19.4 Å². The van der Waals surface area contributed by atoms with E-state index in [9.17, 15) is 27.9 Å². The van der Waals surface area contributed by atoms with Crippen LogP contribution in [0.4, 0.5) is 23.8 Å². The van der Waals surface area contributed by atoms with E-state index in [4.69, 9.17) is 4.74 Å². The van der Waals surface area contributed by atoms with Crippen molar-refractivity contribution in [2.45, 2.75) is 63.3 Å². The van der Waals surface area contributed by atoms with Crippen LogP contribution in [0.5, 0.6) is 0 Å². The molecule has 2 aliphatic rings. The van der Waals surface area contributed by atoms with Crippen molar-refractivity contribution in [3.05, 3.63) is 11.3 Å². The monoisotopic (exact) mass is 404 g/mol. The van der Waals surface area contributed by atoms with Crippen LogP contribution < -0.4 is 5.32 Å². The number of amides is 2. The van der Waals surface area contributed by atoms with Crippen LogP contribution >= 0.6 is 0 Å². The second-order valence-corrected chi connectivity index (χ2v) is 8.21. The van der Waals surface area contributed by atoms with Crippen molar-refractivity contribution < 1.29 is 32.6 Å². The van der Waals surface area contributed by atoms with Gasteiger partial charge in [0.15, 0.2) is 5.60 Å². The predicted molar refractivity (Wildman–Crippen MR) is 91.6 cm³/mol. The summed E-state index contributed by atoms with van der Waals surface area (Å²) in [5.41, 5.74) is -4.50. The first-order valence-corrected chi connectivity index (χ1v) is 8.97. The molecule has 2 unspecified atom stereocenters. The Bertz CT molecular complexity index is 786. The van der Waals surface area contributed by atoms with Crippen molar-refractivity contribution in [3.8, 4) is 0 Å². The molecule has 3 rings (SSSR count). The first-order valence-electron chi connectivity index (χ1n) is 8.97. The molecule has 1 aromatic heterocycles. The van der Waals surface area contributed by atoms with Crippen molar-refractivity contribution >= 4 is 17.8 Å². The number of likely N-dealkylation sites (tertiary alicyclic amines) is 1. The van der Waals surface area contributed by atoms with Gasteiger partial charge in [0, 0.05) is 19.0 Å². The number of fused-ring (bicyclic) bond motifs is 1. The fraction of sp³-hybridized carbons (Fsp3) is 0.706. The van der Waals surface area contributed by atoms with Crippen LogP contribution in [-0.4, -0.2) is 57.1 Å². The number of carbonyl (C=O) groups excluding carboxylic acids is 2. The number of alkyl halides is 3. The minimum Gasteiger partial charge on any atom is -0.444 e. The van der Waals surface area contributed by atoms with E-state index >= 15 is 0 Å². The number of aromatic amines is 1. The maximum Gasteiger partial charge on any atom is 0.422 e. The highest BCUT2D eigenvalue weighted by atomic mass is 19.4. The zero-order chi connectivity index (χ0) is 20.9. The lowest BCUT2D eigenvalue weighted by Gasteiger charge is -2.37. The Labute approximate surface area is 159 Å². The SMILES string of the molecule is CC(C)(C)OC(=O)N1CCCC(c2n[nH]c3c2C(O)(C(F)(F)F)CC(=O)N3)C1. The van der Waals surface area contributed by atoms with Gasteiger partial charge in [-0.05, 0) is 33.6 Å². The minimum absolute atomic E-state index is 0.00286. The molecule has 1 aromatic rings. The van der Waals surface area contributed by atoms with Crippen molar-refractivity contribution in [2.75, 3.05) is 18.4 Å². The average molecular weight is 404 g/mol. The van der Waals surface area contributed by atoms with E-state index in [0.717, 1.165) is 0 Å². The zero-order valence-corrected chi connectivity index (χ0v) is 15.8. The molecule has 156 valence electrons. The summed E-state index contributed by atoms with van der Waals surface area (Å²) in [5, 5.41) is 19.0. The van der Waals surface area contributed by atoms with Gasteiger partial charge >= 0.3 is 12.3 Å². The van der Waals surface area contributed by atoms with Gasteiger partial charge < -0.3 is 20.1 Å². The van der Waals surface area contributed by atoms with Crippen molar-refractivity contribution in [2.24, 2.45) is 0 Å². The van der Waals surface area contributed by atoms with Crippen LogP contribution in [0.2, 0.25) is 0 Å². The average Bonchev–Trinajstić information content (AvgIpc) is 2.96. The van der Waals surface area contributed by atoms with Crippen molar-refractivity contribution in [1.82, 2.24) is 15.1 Å². The second-order valence-electron chi connectivity index (χ2n) is 8.21. The summed E-state index contributed by atoms with van der Waals surface area (Å²) in [7, 11) is 0. The molecule has 3 N–H and O–H groups in total. The maximum absolute atomic E-state index is 13.6. The normalized spacial score (nSPS) is 25.9. The van der Waals surface area contributed by atoms with Gasteiger partial charge in [-0.1, -0.05) is 0 Å². The highest BCUT2D eigenvalue weighted by molar-refractivity contribution is 5.94. The number of H-pyrrole nitrogens is 1. The number of anilines is 1. The van der Waals surface area contributed by atoms with Gasteiger partial charge in [0.05, 0.1) is 17.7 Å². The molecule has 28 heavy (non-hydrogen) atoms. The maximum atomic E-state index is 13.6. The van der Waals surface area contributed by atoms with E-state index in [-0.39, 0.29) is 18.1 Å². The predicted octanol–water partition coefficient (Wildman–Crippen LogP) is 2.62. The van der Waals surface area contributed by atoms with E-state index in [2.05, 4.69) is 15.5 Å². The lowest BCUT2D eigenvalue weighted by Crippen LogP contribution is -2.49. The standard InChI is InChI=1S/C17H23F3N4O4/c1-15(2,3)28-14(26)24-6-4-5-9(8-24)12-11-13(23-22-12)21-10(25)7-16(11,27)17(18,19)20/h9,27H,4-8H2,1-3H3,(H2,21,22,23,25). The molecule has 0 aliphatic carbocycles. The van der Waals surface area contributed by atoms with E-state index < -0.39 is 47.3 Å². The molecule has 1 fully saturated rings. The van der Waals surface area contributed by atoms with Crippen LogP contribution in [0, 0.1) is 0 Å². The number of nitrogens with one attached hydrogen (secondary N) is 2. The Morgan fingerprint density at radius 3 is 2.64 bits per heavy atom. The summed E-state index contributed by atoms with van der Waals surface area (Å²) < 4.78 is 46.2. The van der Waals surface area contributed by atoms with Gasteiger partial charge in [0.25, 0.3) is 0 Å². The molecule has 2 atom stereocenters. The largest absolute Gasteiger partial charge is 0.444 e. The quantitative estimate of drug-likeness (QED) is 0.667. The summed E-state index contributed by atoms with van der Waals surface area (Å²) in [6.07, 6.45) is -5.72. The molecule has 0 spiro atoms. The Morgan fingerprint density at radius 1 is 1.36 bits per heavy atom. The minimum atomic E-state index is -5.06. The topological polar surface area (TPSA) is 108 Å². The molecule has 11 heteroatoms. The number of rotatable bonds is 1. The highest BCUT2D eigenvalue weighted by Crippen LogP contribution is 2.49. The first-order chi connectivity index (χ1) is 12.8. The smallest absolute Gasteiger partial charge is 0.422 e. The van der Waals surface area contributed by atoms with Gasteiger partial charge in [0.1, 0.15) is 11.4 Å². The molecule has 2 aliphatic heterocycles. The summed E-state index contributed by atoms with van der Waals surface area (Å²) in [5.74, 6) is -1.76. The van der Waals surface area contributed by atoms with Crippen molar-refractivity contribution in [3.63, 3.8) is 0 Å². The molecule has 0 radical (unpaired) electrons. The summed E-state index contributed by atoms with van der Waals surface area (Å²) in [4.78, 5) is 25.4. The van der Waals surface area contributed by atoms with Crippen LogP contribution in [0.3, 0.4) is 0 Å². The summed E-state index contributed by atoms with van der Waals surface area (Å²) >= 11 is 0. The van der Waals surface area contributed by atoms with E-state index in [1.807, 2.05) is 0 Å². The number of aromatic nitrogens is 2. The highest BCUT2D eigenvalue weighted by Gasteiger charge is 2.61.